The topological polar surface area (TPSA) is 4.93 Å². The molecule has 0 saturated heterocycles. The van der Waals surface area contributed by atoms with Gasteiger partial charge >= 0.3 is 0 Å². The van der Waals surface area contributed by atoms with Crippen molar-refractivity contribution < 1.29 is 0 Å². The molecule has 0 aliphatic heterocycles. The Kier molecular flexibility index (Phi) is 4.43. The summed E-state index contributed by atoms with van der Waals surface area (Å²) in [5, 5.41) is 7.96. The van der Waals surface area contributed by atoms with Crippen LogP contribution in [0.3, 0.4) is 0 Å². The van der Waals surface area contributed by atoms with Gasteiger partial charge in [-0.1, -0.05) is 97.1 Å². The lowest BCUT2D eigenvalue weighted by Crippen LogP contribution is -1.94. The molecular weight excluding hydrogens is 511 g/mol. The van der Waals surface area contributed by atoms with Crippen LogP contribution in [0.25, 0.3) is 79.0 Å². The lowest BCUT2D eigenvalue weighted by Gasteiger charge is -2.10. The minimum atomic E-state index is 1.19. The Labute approximate surface area is 232 Å². The summed E-state index contributed by atoms with van der Waals surface area (Å²) in [5.41, 5.74) is 6.29. The van der Waals surface area contributed by atoms with Crippen molar-refractivity contribution in [2.45, 2.75) is 0 Å². The van der Waals surface area contributed by atoms with Crippen LogP contribution < -0.4 is 0 Å². The highest BCUT2D eigenvalue weighted by Crippen LogP contribution is 2.44. The van der Waals surface area contributed by atoms with E-state index in [2.05, 4.69) is 132 Å². The third kappa shape index (κ3) is 3.00. The number of hydrogen-bond donors (Lipinski definition) is 0. The zero-order valence-corrected chi connectivity index (χ0v) is 22.5. The molecule has 182 valence electrons. The normalized spacial score (nSPS) is 12.1. The summed E-state index contributed by atoms with van der Waals surface area (Å²) in [6.45, 7) is 0. The maximum absolute atomic E-state index is 2.46. The van der Waals surface area contributed by atoms with Gasteiger partial charge in [0.25, 0.3) is 0 Å². The smallest absolute Gasteiger partial charge is 0.0719 e. The van der Waals surface area contributed by atoms with Crippen LogP contribution in [-0.4, -0.2) is 4.57 Å². The molecule has 9 rings (SSSR count). The van der Waals surface area contributed by atoms with Crippen LogP contribution in [0.15, 0.2) is 127 Å². The summed E-state index contributed by atoms with van der Waals surface area (Å²) in [4.78, 5) is 0. The van der Waals surface area contributed by atoms with Gasteiger partial charge in [0, 0.05) is 52.1 Å². The molecule has 0 aliphatic carbocycles. The molecule has 0 unspecified atom stereocenters. The number of hydrogen-bond acceptors (Lipinski definition) is 2. The van der Waals surface area contributed by atoms with Gasteiger partial charge in [-0.2, -0.15) is 0 Å². The van der Waals surface area contributed by atoms with Crippen molar-refractivity contribution in [1.29, 1.82) is 0 Å². The summed E-state index contributed by atoms with van der Waals surface area (Å²) in [7, 11) is 0. The van der Waals surface area contributed by atoms with Crippen LogP contribution in [0.2, 0.25) is 0 Å². The monoisotopic (exact) mass is 531 g/mol. The quantitative estimate of drug-likeness (QED) is 0.209. The maximum atomic E-state index is 2.46. The molecule has 0 atom stereocenters. The van der Waals surface area contributed by atoms with E-state index in [0.717, 1.165) is 0 Å². The summed E-state index contributed by atoms with van der Waals surface area (Å²) >= 11 is 3.79. The number of fused-ring (bicyclic) bond motifs is 10. The standard InChI is InChI=1S/C36H21NS2/c1-4-13-31-25(8-1)28-20-21-30-27-10-3-6-15-33(27)39-36(30)34(28)37(31)23-18-16-22(17-19-23)24-11-7-12-29-26-9-2-5-14-32(26)38-35(24)29/h1-21H. The van der Waals surface area contributed by atoms with E-state index in [-0.39, 0.29) is 0 Å². The third-order valence-electron chi connectivity index (χ3n) is 8.02. The van der Waals surface area contributed by atoms with Crippen molar-refractivity contribution in [2.75, 3.05) is 0 Å². The predicted octanol–water partition coefficient (Wildman–Crippen LogP) is 11.2. The van der Waals surface area contributed by atoms with Gasteiger partial charge in [0.05, 0.1) is 15.7 Å². The molecule has 0 bridgehead atoms. The van der Waals surface area contributed by atoms with Crippen molar-refractivity contribution in [3.8, 4) is 16.8 Å². The molecule has 3 heteroatoms. The van der Waals surface area contributed by atoms with Crippen molar-refractivity contribution in [2.24, 2.45) is 0 Å². The molecule has 0 aliphatic rings. The minimum absolute atomic E-state index is 1.19. The van der Waals surface area contributed by atoms with Gasteiger partial charge in [0.1, 0.15) is 0 Å². The van der Waals surface area contributed by atoms with Crippen molar-refractivity contribution >= 4 is 84.8 Å². The van der Waals surface area contributed by atoms with E-state index in [1.807, 2.05) is 22.7 Å². The molecule has 9 aromatic rings. The van der Waals surface area contributed by atoms with E-state index < -0.39 is 0 Å². The molecule has 0 fully saturated rings. The lowest BCUT2D eigenvalue weighted by atomic mass is 10.0. The van der Waals surface area contributed by atoms with Gasteiger partial charge in [0.2, 0.25) is 0 Å². The van der Waals surface area contributed by atoms with Crippen molar-refractivity contribution in [3.63, 3.8) is 0 Å². The Morgan fingerprint density at radius 1 is 0.410 bits per heavy atom. The zero-order chi connectivity index (χ0) is 25.5. The Bertz CT molecular complexity index is 2380. The second-order valence-corrected chi connectivity index (χ2v) is 12.2. The Hall–Kier alpha value is -4.44. The third-order valence-corrected chi connectivity index (χ3v) is 10.4. The first-order valence-corrected chi connectivity index (χ1v) is 14.8. The van der Waals surface area contributed by atoms with Gasteiger partial charge in [-0.15, -0.1) is 22.7 Å². The summed E-state index contributed by atoms with van der Waals surface area (Å²) in [5.74, 6) is 0. The summed E-state index contributed by atoms with van der Waals surface area (Å²) in [6.07, 6.45) is 0. The number of benzene rings is 6. The highest BCUT2D eigenvalue weighted by Gasteiger charge is 2.18. The largest absolute Gasteiger partial charge is 0.308 e. The molecule has 0 saturated carbocycles. The molecule has 0 amide bonds. The second kappa shape index (κ2) is 8.03. The van der Waals surface area contributed by atoms with E-state index in [1.165, 1.54) is 79.0 Å². The highest BCUT2D eigenvalue weighted by molar-refractivity contribution is 7.27. The molecule has 39 heavy (non-hydrogen) atoms. The van der Waals surface area contributed by atoms with Gasteiger partial charge < -0.3 is 4.57 Å². The fourth-order valence-corrected chi connectivity index (χ4v) is 8.74. The average Bonchev–Trinajstić information content (AvgIpc) is 3.67. The first-order chi connectivity index (χ1) is 19.3. The SMILES string of the molecule is c1ccc2c(c1)sc1c(-c3ccc(-n4c5ccccc5c5ccc6c7ccccc7sc6c54)cc3)cccc12. The van der Waals surface area contributed by atoms with Gasteiger partial charge in [-0.25, -0.2) is 0 Å². The molecule has 0 radical (unpaired) electrons. The van der Waals surface area contributed by atoms with Crippen LogP contribution in [0, 0.1) is 0 Å². The van der Waals surface area contributed by atoms with E-state index in [1.54, 1.807) is 0 Å². The molecule has 3 aromatic heterocycles. The second-order valence-electron chi connectivity index (χ2n) is 10.1. The summed E-state index contributed by atoms with van der Waals surface area (Å²) in [6, 6.07) is 46.8. The minimum Gasteiger partial charge on any atom is -0.308 e. The lowest BCUT2D eigenvalue weighted by molar-refractivity contribution is 1.19. The molecule has 0 spiro atoms. The Morgan fingerprint density at radius 2 is 1.00 bits per heavy atom. The first-order valence-electron chi connectivity index (χ1n) is 13.2. The van der Waals surface area contributed by atoms with Crippen molar-refractivity contribution in [1.82, 2.24) is 4.57 Å². The van der Waals surface area contributed by atoms with Crippen LogP contribution in [-0.2, 0) is 0 Å². The number of nitrogens with zero attached hydrogens (tertiary/aromatic N) is 1. The maximum Gasteiger partial charge on any atom is 0.0719 e. The highest BCUT2D eigenvalue weighted by atomic mass is 32.1. The van der Waals surface area contributed by atoms with Crippen LogP contribution >= 0.6 is 22.7 Å². The first kappa shape index (κ1) is 21.5. The van der Waals surface area contributed by atoms with Crippen LogP contribution in [0.4, 0.5) is 0 Å². The van der Waals surface area contributed by atoms with Crippen molar-refractivity contribution in [3.05, 3.63) is 127 Å². The molecular formula is C36H21NS2. The number of aromatic nitrogens is 1. The Balaban J connectivity index is 1.30. The molecule has 6 aromatic carbocycles. The zero-order valence-electron chi connectivity index (χ0n) is 20.9. The van der Waals surface area contributed by atoms with E-state index in [9.17, 15) is 0 Å². The molecule has 1 nitrogen and oxygen atoms in total. The Morgan fingerprint density at radius 3 is 1.77 bits per heavy atom. The van der Waals surface area contributed by atoms with E-state index >= 15 is 0 Å². The van der Waals surface area contributed by atoms with Crippen LogP contribution in [0.5, 0.6) is 0 Å². The van der Waals surface area contributed by atoms with Crippen LogP contribution in [0.1, 0.15) is 0 Å². The van der Waals surface area contributed by atoms with Gasteiger partial charge in [-0.3, -0.25) is 0 Å². The van der Waals surface area contributed by atoms with E-state index in [0.29, 0.717) is 0 Å². The van der Waals surface area contributed by atoms with Gasteiger partial charge in [0.15, 0.2) is 0 Å². The number of para-hydroxylation sites is 1. The fourth-order valence-electron chi connectivity index (χ4n) is 6.26. The number of rotatable bonds is 2. The molecule has 0 N–H and O–H groups in total. The predicted molar refractivity (Wildman–Crippen MR) is 172 cm³/mol. The van der Waals surface area contributed by atoms with Gasteiger partial charge in [-0.05, 0) is 41.5 Å². The van der Waals surface area contributed by atoms with E-state index in [4.69, 9.17) is 0 Å². The average molecular weight is 532 g/mol. The molecule has 3 heterocycles. The fraction of sp³-hybridized carbons (Fsp3) is 0. The number of thiophene rings is 2. The summed E-state index contributed by atoms with van der Waals surface area (Å²) < 4.78 is 7.85.